The van der Waals surface area contributed by atoms with Gasteiger partial charge in [0, 0.05) is 5.39 Å². The third kappa shape index (κ3) is 3.71. The number of aromatic hydroxyl groups is 2. The summed E-state index contributed by atoms with van der Waals surface area (Å²) in [6, 6.07) is 25.0. The highest BCUT2D eigenvalue weighted by Gasteiger charge is 2.07. The molecule has 0 bridgehead atoms. The Morgan fingerprint density at radius 1 is 0.536 bits per heavy atom. The fourth-order valence-electron chi connectivity index (χ4n) is 2.72. The summed E-state index contributed by atoms with van der Waals surface area (Å²) in [6.07, 6.45) is 0. The quantitative estimate of drug-likeness (QED) is 0.377. The molecule has 0 fully saturated rings. The number of azo groups is 2. The largest absolute Gasteiger partial charge is 0.506 e. The van der Waals surface area contributed by atoms with E-state index in [4.69, 9.17) is 0 Å². The number of phenols is 2. The second-order valence-electron chi connectivity index (χ2n) is 6.06. The van der Waals surface area contributed by atoms with Gasteiger partial charge >= 0.3 is 0 Å². The van der Waals surface area contributed by atoms with Crippen molar-refractivity contribution in [3.8, 4) is 11.5 Å². The minimum atomic E-state index is -0.0397. The summed E-state index contributed by atoms with van der Waals surface area (Å²) in [5.41, 5.74) is 1.82. The van der Waals surface area contributed by atoms with Gasteiger partial charge in [0.15, 0.2) is 0 Å². The Hall–Kier alpha value is -4.06. The number of fused-ring (bicyclic) bond motifs is 1. The van der Waals surface area contributed by atoms with Gasteiger partial charge in [0.05, 0.1) is 11.4 Å². The van der Waals surface area contributed by atoms with Crippen LogP contribution in [0.1, 0.15) is 0 Å². The third-order valence-corrected chi connectivity index (χ3v) is 4.13. The molecule has 0 aliphatic carbocycles. The average Bonchev–Trinajstić information content (AvgIpc) is 2.74. The molecule has 6 heteroatoms. The van der Waals surface area contributed by atoms with Gasteiger partial charge in [-0.1, -0.05) is 48.5 Å². The van der Waals surface area contributed by atoms with Crippen LogP contribution >= 0.6 is 0 Å². The maximum atomic E-state index is 10.2. The lowest BCUT2D eigenvalue weighted by molar-refractivity contribution is 0.474. The first-order valence-corrected chi connectivity index (χ1v) is 8.63. The Morgan fingerprint density at radius 2 is 1.25 bits per heavy atom. The van der Waals surface area contributed by atoms with Crippen molar-refractivity contribution in [2.24, 2.45) is 20.5 Å². The lowest BCUT2D eigenvalue weighted by atomic mass is 10.1. The van der Waals surface area contributed by atoms with Crippen LogP contribution in [0.3, 0.4) is 0 Å². The molecule has 0 aromatic heterocycles. The van der Waals surface area contributed by atoms with E-state index in [0.717, 1.165) is 16.5 Å². The van der Waals surface area contributed by atoms with Gasteiger partial charge in [-0.05, 0) is 41.8 Å². The van der Waals surface area contributed by atoms with E-state index < -0.39 is 0 Å². The molecule has 0 amide bonds. The Morgan fingerprint density at radius 3 is 2.11 bits per heavy atom. The first-order chi connectivity index (χ1) is 13.7. The number of phenolic OH excluding ortho intramolecular Hbond substituents is 2. The predicted molar refractivity (Wildman–Crippen MR) is 109 cm³/mol. The van der Waals surface area contributed by atoms with Gasteiger partial charge in [-0.25, -0.2) is 0 Å². The highest BCUT2D eigenvalue weighted by Crippen LogP contribution is 2.38. The van der Waals surface area contributed by atoms with Crippen molar-refractivity contribution in [1.82, 2.24) is 0 Å². The normalized spacial score (nSPS) is 11.6. The highest BCUT2D eigenvalue weighted by molar-refractivity contribution is 5.95. The van der Waals surface area contributed by atoms with Gasteiger partial charge in [0.1, 0.15) is 22.9 Å². The predicted octanol–water partition coefficient (Wildman–Crippen LogP) is 7.08. The summed E-state index contributed by atoms with van der Waals surface area (Å²) >= 11 is 0. The molecule has 4 rings (SSSR count). The molecule has 136 valence electrons. The zero-order valence-electron chi connectivity index (χ0n) is 14.8. The van der Waals surface area contributed by atoms with Gasteiger partial charge < -0.3 is 10.2 Å². The van der Waals surface area contributed by atoms with Crippen LogP contribution in [-0.2, 0) is 0 Å². The molecule has 0 radical (unpaired) electrons. The number of rotatable bonds is 4. The topological polar surface area (TPSA) is 89.9 Å². The van der Waals surface area contributed by atoms with Crippen molar-refractivity contribution in [3.63, 3.8) is 0 Å². The minimum Gasteiger partial charge on any atom is -0.506 e. The first-order valence-electron chi connectivity index (χ1n) is 8.63. The molecule has 0 aliphatic heterocycles. The van der Waals surface area contributed by atoms with E-state index in [9.17, 15) is 10.2 Å². The lowest BCUT2D eigenvalue weighted by Crippen LogP contribution is -1.75. The van der Waals surface area contributed by atoms with Crippen LogP contribution in [0.2, 0.25) is 0 Å². The van der Waals surface area contributed by atoms with Crippen LogP contribution in [0.5, 0.6) is 11.5 Å². The maximum Gasteiger partial charge on any atom is 0.143 e. The van der Waals surface area contributed by atoms with E-state index in [1.807, 2.05) is 60.7 Å². The highest BCUT2D eigenvalue weighted by atomic mass is 16.3. The molecular formula is C22H16N4O2. The molecular weight excluding hydrogens is 352 g/mol. The van der Waals surface area contributed by atoms with E-state index in [1.165, 1.54) is 6.07 Å². The molecule has 4 aromatic carbocycles. The van der Waals surface area contributed by atoms with Crippen molar-refractivity contribution >= 4 is 33.5 Å². The van der Waals surface area contributed by atoms with Gasteiger partial charge in [-0.15, -0.1) is 10.2 Å². The molecule has 2 N–H and O–H groups in total. The lowest BCUT2D eigenvalue weighted by Gasteiger charge is -2.04. The summed E-state index contributed by atoms with van der Waals surface area (Å²) in [5.74, 6) is -0.0241. The summed E-state index contributed by atoms with van der Waals surface area (Å²) in [5, 5.41) is 38.6. The molecule has 0 spiro atoms. The van der Waals surface area contributed by atoms with E-state index in [0.29, 0.717) is 11.4 Å². The molecule has 28 heavy (non-hydrogen) atoms. The zero-order valence-corrected chi connectivity index (χ0v) is 14.8. The number of nitrogens with zero attached hydrogens (tertiary/aromatic N) is 4. The number of hydrogen-bond donors (Lipinski definition) is 2. The Balaban J connectivity index is 1.67. The Kier molecular flexibility index (Phi) is 4.76. The van der Waals surface area contributed by atoms with E-state index in [-0.39, 0.29) is 17.2 Å². The maximum absolute atomic E-state index is 10.2. The Bertz CT molecular complexity index is 1190. The van der Waals surface area contributed by atoms with Crippen molar-refractivity contribution in [3.05, 3.63) is 84.9 Å². The fraction of sp³-hybridized carbons (Fsp3) is 0. The van der Waals surface area contributed by atoms with Crippen molar-refractivity contribution < 1.29 is 10.2 Å². The van der Waals surface area contributed by atoms with Crippen LogP contribution in [0.4, 0.5) is 22.7 Å². The summed E-state index contributed by atoms with van der Waals surface area (Å²) in [6.45, 7) is 0. The molecule has 4 aromatic rings. The first kappa shape index (κ1) is 17.4. The standard InChI is InChI=1S/C22H16N4O2/c27-20-13-11-17(24-23-16-7-2-1-3-8-16)14-19(20)25-26-22-18-9-5-4-6-15(18)10-12-21(22)28/h1-14,27-28H. The van der Waals surface area contributed by atoms with Crippen LogP contribution < -0.4 is 0 Å². The van der Waals surface area contributed by atoms with Crippen LogP contribution in [0, 0.1) is 0 Å². The van der Waals surface area contributed by atoms with Crippen LogP contribution in [-0.4, -0.2) is 10.2 Å². The summed E-state index contributed by atoms with van der Waals surface area (Å²) in [7, 11) is 0. The number of benzene rings is 4. The Labute approximate surface area is 161 Å². The van der Waals surface area contributed by atoms with E-state index >= 15 is 0 Å². The van der Waals surface area contributed by atoms with Crippen molar-refractivity contribution in [1.29, 1.82) is 0 Å². The summed E-state index contributed by atoms with van der Waals surface area (Å²) in [4.78, 5) is 0. The molecule has 0 atom stereocenters. The minimum absolute atomic E-state index is 0.0156. The smallest absolute Gasteiger partial charge is 0.143 e. The van der Waals surface area contributed by atoms with Gasteiger partial charge in [-0.3, -0.25) is 0 Å². The molecule has 0 aliphatic rings. The van der Waals surface area contributed by atoms with Crippen LogP contribution in [0.25, 0.3) is 10.8 Å². The molecule has 0 heterocycles. The second kappa shape index (κ2) is 7.67. The molecule has 0 unspecified atom stereocenters. The van der Waals surface area contributed by atoms with Gasteiger partial charge in [0.25, 0.3) is 0 Å². The third-order valence-electron chi connectivity index (χ3n) is 4.13. The van der Waals surface area contributed by atoms with Gasteiger partial charge in [0.2, 0.25) is 0 Å². The zero-order chi connectivity index (χ0) is 19.3. The SMILES string of the molecule is Oc1ccc(N=Nc2ccccc2)cc1N=Nc1c(O)ccc2ccccc12. The van der Waals surface area contributed by atoms with Crippen molar-refractivity contribution in [2.75, 3.05) is 0 Å². The fourth-order valence-corrected chi connectivity index (χ4v) is 2.72. The molecule has 0 saturated carbocycles. The monoisotopic (exact) mass is 368 g/mol. The number of hydrogen-bond acceptors (Lipinski definition) is 6. The van der Waals surface area contributed by atoms with Gasteiger partial charge in [-0.2, -0.15) is 10.2 Å². The van der Waals surface area contributed by atoms with E-state index in [1.54, 1.807) is 18.2 Å². The molecule has 6 nitrogen and oxygen atoms in total. The van der Waals surface area contributed by atoms with Crippen LogP contribution in [0.15, 0.2) is 105 Å². The van der Waals surface area contributed by atoms with E-state index in [2.05, 4.69) is 20.5 Å². The second-order valence-corrected chi connectivity index (χ2v) is 6.06. The van der Waals surface area contributed by atoms with Crippen molar-refractivity contribution in [2.45, 2.75) is 0 Å². The average molecular weight is 368 g/mol. The molecule has 0 saturated heterocycles. The summed E-state index contributed by atoms with van der Waals surface area (Å²) < 4.78 is 0.